The summed E-state index contributed by atoms with van der Waals surface area (Å²) < 4.78 is -0.758. The summed E-state index contributed by atoms with van der Waals surface area (Å²) in [4.78, 5) is 78.8. The van der Waals surface area contributed by atoms with Gasteiger partial charge in [0.2, 0.25) is 11.8 Å². The number of fused-ring (bicyclic) bond motifs is 1. The number of carbonyl (C=O) groups is 6. The Morgan fingerprint density at radius 3 is 2.35 bits per heavy atom. The van der Waals surface area contributed by atoms with E-state index in [0.29, 0.717) is 12.1 Å². The fraction of sp³-hybridized carbons (Fsp3) is 0.478. The molecule has 3 aliphatic heterocycles. The average Bonchev–Trinajstić information content (AvgIpc) is 3.10. The standard InChI is InChI=1S/C23H27N5O7S.K.H/c1-4-26-10-11-27(19(32)18(26)31)22(35)25-13(12-8-6-5-7-9-12)16(29)24-14-17(30)28-15(21(33)34)23(2,3)36-20(14)28;;/h5-9,13-15,20H,4,10-11H2,1-3H3,(H,24,29)(H,25,35)(H,33,34);;/t13-,14-,15+,20-;;/m1../s1. The Hall–Kier alpha value is -1.97. The summed E-state index contributed by atoms with van der Waals surface area (Å²) >= 11 is 1.28. The number of urea groups is 1. The Morgan fingerprint density at radius 1 is 1.11 bits per heavy atom. The summed E-state index contributed by atoms with van der Waals surface area (Å²) in [6, 6.07) is 4.11. The summed E-state index contributed by atoms with van der Waals surface area (Å²) in [5.41, 5.74) is 0.403. The molecule has 1 aromatic carbocycles. The number of β-lactam (4-membered cyclic amide) rings is 1. The Bertz CT molecular complexity index is 1130. The molecule has 1 aromatic rings. The minimum atomic E-state index is -1.26. The van der Waals surface area contributed by atoms with Gasteiger partial charge in [0, 0.05) is 24.4 Å². The number of imide groups is 1. The second-order valence-corrected chi connectivity index (χ2v) is 11.0. The van der Waals surface area contributed by atoms with Crippen LogP contribution in [0.2, 0.25) is 0 Å². The Labute approximate surface area is 260 Å². The molecule has 0 aliphatic carbocycles. The number of amides is 6. The normalized spacial score (nSPS) is 25.0. The number of thioether (sulfide) groups is 1. The van der Waals surface area contributed by atoms with E-state index in [-0.39, 0.29) is 64.5 Å². The molecule has 4 rings (SSSR count). The first-order valence-electron chi connectivity index (χ1n) is 11.5. The molecule has 3 aliphatic rings. The third-order valence-corrected chi connectivity index (χ3v) is 8.14. The zero-order chi connectivity index (χ0) is 26.4. The fourth-order valence-corrected chi connectivity index (χ4v) is 6.32. The molecule has 14 heteroatoms. The zero-order valence-electron chi connectivity index (χ0n) is 20.0. The number of hydrogen-bond donors (Lipinski definition) is 3. The molecule has 3 fully saturated rings. The van der Waals surface area contributed by atoms with Crippen LogP contribution in [0.1, 0.15) is 32.4 Å². The van der Waals surface area contributed by atoms with Crippen molar-refractivity contribution in [1.29, 1.82) is 0 Å². The predicted octanol–water partition coefficient (Wildman–Crippen LogP) is -0.889. The van der Waals surface area contributed by atoms with Gasteiger partial charge in [-0.3, -0.25) is 24.1 Å². The van der Waals surface area contributed by atoms with E-state index in [9.17, 15) is 33.9 Å². The number of carbonyl (C=O) groups excluding carboxylic acids is 5. The summed E-state index contributed by atoms with van der Waals surface area (Å²) in [6.45, 7) is 5.67. The average molecular weight is 558 g/mol. The Morgan fingerprint density at radius 2 is 1.76 bits per heavy atom. The van der Waals surface area contributed by atoms with Crippen LogP contribution in [0, 0.1) is 0 Å². The third-order valence-electron chi connectivity index (χ3n) is 6.57. The molecule has 3 heterocycles. The van der Waals surface area contributed by atoms with Crippen LogP contribution in [0.5, 0.6) is 0 Å². The van der Waals surface area contributed by atoms with E-state index in [0.717, 1.165) is 4.90 Å². The first-order chi connectivity index (χ1) is 17.0. The van der Waals surface area contributed by atoms with Gasteiger partial charge in [0.1, 0.15) is 23.5 Å². The van der Waals surface area contributed by atoms with Gasteiger partial charge in [-0.05, 0) is 26.3 Å². The van der Waals surface area contributed by atoms with Crippen LogP contribution < -0.4 is 10.6 Å². The van der Waals surface area contributed by atoms with Crippen molar-refractivity contribution >= 4 is 98.8 Å². The number of hydrogen-bond acceptors (Lipinski definition) is 7. The second kappa shape index (κ2) is 11.4. The van der Waals surface area contributed by atoms with E-state index < -0.39 is 63.9 Å². The number of piperazine rings is 1. The predicted molar refractivity (Wildman–Crippen MR) is 134 cm³/mol. The van der Waals surface area contributed by atoms with Crippen LogP contribution >= 0.6 is 11.8 Å². The van der Waals surface area contributed by atoms with Crippen molar-refractivity contribution in [2.45, 2.75) is 49.0 Å². The maximum atomic E-state index is 13.3. The summed E-state index contributed by atoms with van der Waals surface area (Å²) in [5.74, 6) is -4.12. The first-order valence-corrected chi connectivity index (χ1v) is 12.3. The molecule has 3 N–H and O–H groups in total. The van der Waals surface area contributed by atoms with Crippen molar-refractivity contribution in [3.8, 4) is 0 Å². The molecule has 0 aromatic heterocycles. The van der Waals surface area contributed by atoms with Crippen molar-refractivity contribution in [1.82, 2.24) is 25.3 Å². The monoisotopic (exact) mass is 557 g/mol. The molecule has 0 saturated carbocycles. The van der Waals surface area contributed by atoms with Gasteiger partial charge >= 0.3 is 75.2 Å². The molecule has 12 nitrogen and oxygen atoms in total. The van der Waals surface area contributed by atoms with Crippen LogP contribution in [0.4, 0.5) is 4.79 Å². The molecular weight excluding hydrogens is 529 g/mol. The molecular formula is C23H28KN5O7S. The summed E-state index contributed by atoms with van der Waals surface area (Å²) in [5, 5.41) is 14.2. The van der Waals surface area contributed by atoms with E-state index in [4.69, 9.17) is 0 Å². The quantitative estimate of drug-likeness (QED) is 0.231. The van der Waals surface area contributed by atoms with Crippen molar-refractivity contribution in [3.05, 3.63) is 35.9 Å². The van der Waals surface area contributed by atoms with E-state index in [1.54, 1.807) is 51.1 Å². The van der Waals surface area contributed by atoms with E-state index >= 15 is 0 Å². The van der Waals surface area contributed by atoms with E-state index in [2.05, 4.69) is 10.6 Å². The van der Waals surface area contributed by atoms with Gasteiger partial charge in [-0.15, -0.1) is 11.8 Å². The molecule has 4 atom stereocenters. The zero-order valence-corrected chi connectivity index (χ0v) is 20.8. The Kier molecular flexibility index (Phi) is 9.12. The molecule has 3 saturated heterocycles. The number of nitrogens with zero attached hydrogens (tertiary/aromatic N) is 3. The molecule has 0 bridgehead atoms. The summed E-state index contributed by atoms with van der Waals surface area (Å²) in [6.07, 6.45) is 0. The van der Waals surface area contributed by atoms with Crippen molar-refractivity contribution in [2.75, 3.05) is 19.6 Å². The van der Waals surface area contributed by atoms with Crippen molar-refractivity contribution in [3.63, 3.8) is 0 Å². The maximum absolute atomic E-state index is 13.3. The number of carboxylic acid groups (broad SMARTS) is 1. The van der Waals surface area contributed by atoms with Crippen LogP contribution in [0.15, 0.2) is 30.3 Å². The number of benzene rings is 1. The van der Waals surface area contributed by atoms with Crippen LogP contribution in [0.25, 0.3) is 0 Å². The SMILES string of the molecule is CCN1CCN(C(=O)N[C@@H](C(=O)N[C@@H]2C(=O)N3[C@@H]2SC(C)(C)[C@@H]3C(=O)O)c2ccccc2)C(=O)C1=O.[KH]. The fourth-order valence-electron chi connectivity index (χ4n) is 4.70. The number of likely N-dealkylation sites (N-methyl/N-ethyl adjacent to an activating group) is 1. The van der Waals surface area contributed by atoms with Gasteiger partial charge in [0.15, 0.2) is 0 Å². The van der Waals surface area contributed by atoms with Gasteiger partial charge in [-0.25, -0.2) is 9.59 Å². The molecule has 6 amide bonds. The number of rotatable bonds is 6. The van der Waals surface area contributed by atoms with E-state index in [1.165, 1.54) is 21.6 Å². The van der Waals surface area contributed by atoms with E-state index in [1.807, 2.05) is 0 Å². The van der Waals surface area contributed by atoms with Crippen LogP contribution in [-0.4, -0.2) is 149 Å². The minimum absolute atomic E-state index is 0. The van der Waals surface area contributed by atoms with Gasteiger partial charge in [0.25, 0.3) is 0 Å². The van der Waals surface area contributed by atoms with Crippen LogP contribution in [0.3, 0.4) is 0 Å². The molecule has 37 heavy (non-hydrogen) atoms. The van der Waals surface area contributed by atoms with Crippen molar-refractivity contribution < 1.29 is 33.9 Å². The summed E-state index contributed by atoms with van der Waals surface area (Å²) in [7, 11) is 0. The van der Waals surface area contributed by atoms with Gasteiger partial charge in [-0.1, -0.05) is 30.3 Å². The second-order valence-electron chi connectivity index (χ2n) is 9.22. The number of nitrogens with one attached hydrogen (secondary N) is 2. The van der Waals surface area contributed by atoms with Crippen LogP contribution in [-0.2, 0) is 24.0 Å². The molecule has 0 radical (unpaired) electrons. The van der Waals surface area contributed by atoms with Gasteiger partial charge in [0.05, 0.1) is 0 Å². The topological polar surface area (TPSA) is 156 Å². The van der Waals surface area contributed by atoms with Gasteiger partial charge in [-0.2, -0.15) is 0 Å². The molecule has 194 valence electrons. The van der Waals surface area contributed by atoms with Gasteiger partial charge < -0.3 is 25.5 Å². The molecule has 0 unspecified atom stereocenters. The third kappa shape index (κ3) is 5.45. The number of aliphatic carboxylic acids is 1. The molecule has 0 spiro atoms. The Balaban J connectivity index is 0.00000380. The number of carboxylic acids is 1. The van der Waals surface area contributed by atoms with Crippen molar-refractivity contribution in [2.24, 2.45) is 0 Å². The first kappa shape index (κ1) is 29.6.